The van der Waals surface area contributed by atoms with Gasteiger partial charge in [0, 0.05) is 25.7 Å². The molecule has 0 saturated carbocycles. The fourth-order valence-electron chi connectivity index (χ4n) is 5.05. The number of methoxy groups -OCH3 is 1. The minimum atomic E-state index is -0.782. The topological polar surface area (TPSA) is 77.8 Å². The number of esters is 1. The molecule has 7 heteroatoms. The van der Waals surface area contributed by atoms with E-state index in [1.165, 1.54) is 13.3 Å². The first-order chi connectivity index (χ1) is 18.5. The summed E-state index contributed by atoms with van der Waals surface area (Å²) in [6.45, 7) is 0.429. The van der Waals surface area contributed by atoms with Crippen molar-refractivity contribution in [1.29, 1.82) is 0 Å². The Hall–Kier alpha value is -4.65. The molecule has 1 aromatic heterocycles. The van der Waals surface area contributed by atoms with Crippen LogP contribution in [0.25, 0.3) is 0 Å². The number of hydrogen-bond donors (Lipinski definition) is 0. The van der Waals surface area contributed by atoms with E-state index in [4.69, 9.17) is 9.47 Å². The standard InChI is InChI=1S/C31H28N2O5/c1-32-19-25(26(22-14-8-4-9-15-22)23-16-10-5-11-17-23)33-18-24(31(36)37-2)28(34)29(27(33)30(32)35)38-20-21-12-6-3-7-13-21/h3-18,25-26H,19-20H2,1-2H3. The predicted octanol–water partition coefficient (Wildman–Crippen LogP) is 4.67. The van der Waals surface area contributed by atoms with Gasteiger partial charge in [0.1, 0.15) is 12.2 Å². The van der Waals surface area contributed by atoms with Crippen LogP contribution in [0.15, 0.2) is 102 Å². The van der Waals surface area contributed by atoms with Crippen molar-refractivity contribution in [3.63, 3.8) is 0 Å². The zero-order valence-corrected chi connectivity index (χ0v) is 21.2. The first-order valence-corrected chi connectivity index (χ1v) is 12.4. The molecule has 38 heavy (non-hydrogen) atoms. The lowest BCUT2D eigenvalue weighted by molar-refractivity contribution is 0.0590. The number of likely N-dealkylation sites (N-methyl/N-ethyl adjacent to an activating group) is 1. The molecule has 1 aliphatic heterocycles. The Morgan fingerprint density at radius 1 is 0.895 bits per heavy atom. The van der Waals surface area contributed by atoms with Gasteiger partial charge in [-0.3, -0.25) is 9.59 Å². The first kappa shape index (κ1) is 25.0. The second-order valence-corrected chi connectivity index (χ2v) is 9.27. The van der Waals surface area contributed by atoms with Crippen molar-refractivity contribution in [3.8, 4) is 5.75 Å². The summed E-state index contributed by atoms with van der Waals surface area (Å²) in [7, 11) is 2.94. The van der Waals surface area contributed by atoms with Gasteiger partial charge in [0.2, 0.25) is 5.43 Å². The highest BCUT2D eigenvalue weighted by Gasteiger charge is 2.39. The Morgan fingerprint density at radius 2 is 1.45 bits per heavy atom. The fourth-order valence-corrected chi connectivity index (χ4v) is 5.05. The van der Waals surface area contributed by atoms with Crippen molar-refractivity contribution in [2.45, 2.75) is 18.6 Å². The molecule has 4 aromatic rings. The van der Waals surface area contributed by atoms with Crippen LogP contribution in [0.5, 0.6) is 5.75 Å². The Morgan fingerprint density at radius 3 is 2.00 bits per heavy atom. The number of fused-ring (bicyclic) bond motifs is 1. The summed E-state index contributed by atoms with van der Waals surface area (Å²) in [4.78, 5) is 41.4. The van der Waals surface area contributed by atoms with E-state index < -0.39 is 11.4 Å². The molecule has 1 aliphatic rings. The number of aromatic nitrogens is 1. The minimum Gasteiger partial charge on any atom is -0.483 e. The van der Waals surface area contributed by atoms with Crippen molar-refractivity contribution in [2.75, 3.05) is 20.7 Å². The van der Waals surface area contributed by atoms with Crippen molar-refractivity contribution in [1.82, 2.24) is 9.47 Å². The van der Waals surface area contributed by atoms with Crippen LogP contribution in [0.1, 0.15) is 49.5 Å². The third-order valence-corrected chi connectivity index (χ3v) is 6.89. The first-order valence-electron chi connectivity index (χ1n) is 12.4. The molecule has 0 radical (unpaired) electrons. The van der Waals surface area contributed by atoms with E-state index in [-0.39, 0.29) is 41.5 Å². The molecule has 1 amide bonds. The number of carbonyl (C=O) groups is 2. The zero-order valence-electron chi connectivity index (χ0n) is 21.2. The maximum absolute atomic E-state index is 13.6. The van der Waals surface area contributed by atoms with Crippen molar-refractivity contribution in [2.24, 2.45) is 0 Å². The van der Waals surface area contributed by atoms with Gasteiger partial charge in [-0.2, -0.15) is 0 Å². The van der Waals surface area contributed by atoms with E-state index in [0.29, 0.717) is 6.54 Å². The van der Waals surface area contributed by atoms with Gasteiger partial charge >= 0.3 is 5.97 Å². The smallest absolute Gasteiger partial charge is 0.343 e. The molecule has 5 rings (SSSR count). The average Bonchev–Trinajstić information content (AvgIpc) is 2.96. The monoisotopic (exact) mass is 508 g/mol. The van der Waals surface area contributed by atoms with Crippen LogP contribution < -0.4 is 10.2 Å². The second kappa shape index (κ2) is 10.8. The van der Waals surface area contributed by atoms with Gasteiger partial charge in [0.05, 0.1) is 13.2 Å². The normalized spacial score (nSPS) is 14.8. The van der Waals surface area contributed by atoms with Crippen molar-refractivity contribution in [3.05, 3.63) is 135 Å². The molecule has 1 atom stereocenters. The molecule has 2 heterocycles. The highest BCUT2D eigenvalue weighted by Crippen LogP contribution is 2.40. The second-order valence-electron chi connectivity index (χ2n) is 9.27. The molecular weight excluding hydrogens is 480 g/mol. The van der Waals surface area contributed by atoms with E-state index in [1.54, 1.807) is 16.5 Å². The van der Waals surface area contributed by atoms with Gasteiger partial charge < -0.3 is 18.9 Å². The molecule has 0 aliphatic carbocycles. The van der Waals surface area contributed by atoms with Crippen LogP contribution in [0.4, 0.5) is 0 Å². The largest absolute Gasteiger partial charge is 0.483 e. The molecule has 1 unspecified atom stereocenters. The molecule has 0 spiro atoms. The Bertz CT molecular complexity index is 1460. The molecule has 0 saturated heterocycles. The van der Waals surface area contributed by atoms with Gasteiger partial charge in [-0.1, -0.05) is 91.0 Å². The number of pyridine rings is 1. The lowest BCUT2D eigenvalue weighted by Gasteiger charge is -2.39. The maximum Gasteiger partial charge on any atom is 0.343 e. The van der Waals surface area contributed by atoms with E-state index >= 15 is 0 Å². The molecule has 0 fully saturated rings. The quantitative estimate of drug-likeness (QED) is 0.339. The van der Waals surface area contributed by atoms with Gasteiger partial charge in [-0.05, 0) is 16.7 Å². The summed E-state index contributed by atoms with van der Waals surface area (Å²) in [5.74, 6) is -1.46. The molecular formula is C31H28N2O5. The molecule has 192 valence electrons. The zero-order chi connectivity index (χ0) is 26.6. The maximum atomic E-state index is 13.6. The SMILES string of the molecule is COC(=O)c1cn2c(c(OCc3ccccc3)c1=O)C(=O)N(C)CC2C(c1ccccc1)c1ccccc1. The van der Waals surface area contributed by atoms with Gasteiger partial charge in [-0.25, -0.2) is 4.79 Å². The summed E-state index contributed by atoms with van der Waals surface area (Å²) < 4.78 is 12.7. The predicted molar refractivity (Wildman–Crippen MR) is 144 cm³/mol. The van der Waals surface area contributed by atoms with Crippen LogP contribution >= 0.6 is 0 Å². The highest BCUT2D eigenvalue weighted by atomic mass is 16.5. The molecule has 0 bridgehead atoms. The number of nitrogens with zero attached hydrogens (tertiary/aromatic N) is 2. The minimum absolute atomic E-state index is 0.0656. The Balaban J connectivity index is 1.73. The number of carbonyl (C=O) groups excluding carboxylic acids is 2. The summed E-state index contributed by atoms with van der Waals surface area (Å²) in [5, 5.41) is 0. The summed E-state index contributed by atoms with van der Waals surface area (Å²) in [6, 6.07) is 29.0. The number of benzene rings is 3. The van der Waals surface area contributed by atoms with E-state index in [9.17, 15) is 14.4 Å². The van der Waals surface area contributed by atoms with Gasteiger partial charge in [0.15, 0.2) is 11.4 Å². The van der Waals surface area contributed by atoms with E-state index in [1.807, 2.05) is 91.0 Å². The van der Waals surface area contributed by atoms with E-state index in [2.05, 4.69) is 0 Å². The van der Waals surface area contributed by atoms with Crippen LogP contribution in [0.2, 0.25) is 0 Å². The van der Waals surface area contributed by atoms with Crippen molar-refractivity contribution < 1.29 is 19.1 Å². The van der Waals surface area contributed by atoms with Crippen molar-refractivity contribution >= 4 is 11.9 Å². The van der Waals surface area contributed by atoms with Crippen LogP contribution in [-0.2, 0) is 11.3 Å². The summed E-state index contributed by atoms with van der Waals surface area (Å²) >= 11 is 0. The fraction of sp³-hybridized carbons (Fsp3) is 0.194. The van der Waals surface area contributed by atoms with Crippen LogP contribution in [0.3, 0.4) is 0 Å². The third-order valence-electron chi connectivity index (χ3n) is 6.89. The average molecular weight is 509 g/mol. The van der Waals surface area contributed by atoms with Crippen LogP contribution in [-0.4, -0.2) is 42.0 Å². The Labute approximate surface area is 220 Å². The molecule has 3 aromatic carbocycles. The summed E-state index contributed by atoms with van der Waals surface area (Å²) in [6.07, 6.45) is 1.45. The molecule has 0 N–H and O–H groups in total. The van der Waals surface area contributed by atoms with Crippen LogP contribution in [0, 0.1) is 0 Å². The Kier molecular flexibility index (Phi) is 7.09. The third kappa shape index (κ3) is 4.70. The lowest BCUT2D eigenvalue weighted by atomic mass is 9.83. The molecule has 7 nitrogen and oxygen atoms in total. The number of rotatable bonds is 7. The summed E-state index contributed by atoms with van der Waals surface area (Å²) in [5.41, 5.74) is 2.19. The number of hydrogen-bond acceptors (Lipinski definition) is 5. The highest BCUT2D eigenvalue weighted by molar-refractivity contribution is 5.98. The lowest BCUT2D eigenvalue weighted by Crippen LogP contribution is -2.45. The van der Waals surface area contributed by atoms with E-state index in [0.717, 1.165) is 16.7 Å². The van der Waals surface area contributed by atoms with Gasteiger partial charge in [-0.15, -0.1) is 0 Å². The number of ether oxygens (including phenoxy) is 2. The number of amides is 1. The van der Waals surface area contributed by atoms with Gasteiger partial charge in [0.25, 0.3) is 5.91 Å².